The van der Waals surface area contributed by atoms with Crippen molar-refractivity contribution >= 4 is 59.6 Å². The summed E-state index contributed by atoms with van der Waals surface area (Å²) in [6.07, 6.45) is 4.64. The van der Waals surface area contributed by atoms with Crippen LogP contribution in [0.1, 0.15) is 49.8 Å². The molecule has 12 heteroatoms. The normalized spacial score (nSPS) is 15.4. The molecule has 0 heterocycles. The minimum Gasteiger partial charge on any atom is -0.462 e. The Morgan fingerprint density at radius 3 is 2.45 bits per heavy atom. The number of carbonyl (C=O) groups is 2. The predicted molar refractivity (Wildman–Crippen MR) is 164 cm³/mol. The molecule has 0 saturated carbocycles. The van der Waals surface area contributed by atoms with Crippen LogP contribution < -0.4 is 0 Å². The van der Waals surface area contributed by atoms with Crippen molar-refractivity contribution in [1.29, 1.82) is 0 Å². The number of unbranched alkanes of at least 4 members (excludes halogenated alkanes) is 1. The number of allylic oxidation sites excluding steroid dienone is 2. The first-order valence-corrected chi connectivity index (χ1v) is 18.3. The number of fused-ring (bicyclic) bond motifs is 1. The van der Waals surface area contributed by atoms with Gasteiger partial charge in [0.2, 0.25) is 6.10 Å². The molecule has 0 aliphatic heterocycles. The Kier molecular flexibility index (Phi) is 12.5. The van der Waals surface area contributed by atoms with Gasteiger partial charge in [0, 0.05) is 40.6 Å². The molecular formula is C30H35FO8S3. The van der Waals surface area contributed by atoms with E-state index in [-0.39, 0.29) is 25.4 Å². The lowest BCUT2D eigenvalue weighted by atomic mass is 10.0. The van der Waals surface area contributed by atoms with Crippen LogP contribution in [0.5, 0.6) is 0 Å². The standard InChI is InChI=1S/C30H35FO8S3/c1-5-6-13-37-19-28(30(33)38-14-15-40-42(4,35)36)39-29(32)18-26-20(2)25(24-12-9-22(31)17-27(24)26)16-21-7-10-23(11-8-21)41(3)34/h7-12,16-17,28H,5-6,13-15,18-19H2,1-4H3/b25-16-. The summed E-state index contributed by atoms with van der Waals surface area (Å²) in [6.45, 7) is 3.79. The van der Waals surface area contributed by atoms with Gasteiger partial charge in [-0.25, -0.2) is 17.6 Å². The van der Waals surface area contributed by atoms with Crippen molar-refractivity contribution in [1.82, 2.24) is 0 Å². The molecule has 3 rings (SSSR count). The number of rotatable bonds is 15. The van der Waals surface area contributed by atoms with Crippen LogP contribution in [0.25, 0.3) is 17.2 Å². The third-order valence-electron chi connectivity index (χ3n) is 6.37. The molecule has 0 fully saturated rings. The number of benzene rings is 2. The van der Waals surface area contributed by atoms with Crippen LogP contribution in [0, 0.1) is 5.82 Å². The molecule has 8 nitrogen and oxygen atoms in total. The first kappa shape index (κ1) is 33.7. The molecule has 42 heavy (non-hydrogen) atoms. The molecule has 228 valence electrons. The van der Waals surface area contributed by atoms with Crippen molar-refractivity contribution in [3.8, 4) is 0 Å². The number of hydrogen-bond donors (Lipinski definition) is 0. The second kappa shape index (κ2) is 15.6. The van der Waals surface area contributed by atoms with E-state index in [1.807, 2.05) is 32.1 Å². The van der Waals surface area contributed by atoms with Gasteiger partial charge >= 0.3 is 11.9 Å². The zero-order chi connectivity index (χ0) is 30.9. The van der Waals surface area contributed by atoms with E-state index in [4.69, 9.17) is 14.2 Å². The fourth-order valence-corrected chi connectivity index (χ4v) is 6.34. The van der Waals surface area contributed by atoms with Crippen LogP contribution in [-0.2, 0) is 43.5 Å². The summed E-state index contributed by atoms with van der Waals surface area (Å²) in [6, 6.07) is 11.6. The summed E-state index contributed by atoms with van der Waals surface area (Å²) in [5.74, 6) is -1.98. The smallest absolute Gasteiger partial charge is 0.349 e. The molecule has 1 aliphatic carbocycles. The summed E-state index contributed by atoms with van der Waals surface area (Å²) in [4.78, 5) is 26.5. The van der Waals surface area contributed by atoms with Crippen molar-refractivity contribution in [2.45, 2.75) is 44.1 Å². The van der Waals surface area contributed by atoms with E-state index in [0.29, 0.717) is 33.4 Å². The number of hydrogen-bond acceptors (Lipinski definition) is 9. The third-order valence-corrected chi connectivity index (χ3v) is 9.85. The summed E-state index contributed by atoms with van der Waals surface area (Å²) in [5.41, 5.74) is 4.28. The molecule has 2 aromatic carbocycles. The maximum Gasteiger partial charge on any atom is 0.349 e. The highest BCUT2D eigenvalue weighted by atomic mass is 33.1. The highest BCUT2D eigenvalue weighted by Gasteiger charge is 2.30. The van der Waals surface area contributed by atoms with Gasteiger partial charge in [-0.15, -0.1) is 0 Å². The molecule has 0 bridgehead atoms. The van der Waals surface area contributed by atoms with Gasteiger partial charge in [-0.2, -0.15) is 0 Å². The average molecular weight is 639 g/mol. The number of carbonyl (C=O) groups excluding carboxylic acids is 2. The van der Waals surface area contributed by atoms with Gasteiger partial charge in [0.1, 0.15) is 12.4 Å². The zero-order valence-electron chi connectivity index (χ0n) is 24.0. The van der Waals surface area contributed by atoms with Gasteiger partial charge in [0.05, 0.1) is 13.0 Å². The third kappa shape index (κ3) is 9.89. The first-order chi connectivity index (χ1) is 19.9. The largest absolute Gasteiger partial charge is 0.462 e. The maximum atomic E-state index is 14.3. The Hall–Kier alpha value is -2.80. The van der Waals surface area contributed by atoms with Crippen LogP contribution >= 0.6 is 10.8 Å². The molecule has 2 aromatic rings. The zero-order valence-corrected chi connectivity index (χ0v) is 26.5. The second-order valence-corrected chi connectivity index (χ2v) is 15.6. The number of esters is 2. The Labute approximate surface area is 252 Å². The summed E-state index contributed by atoms with van der Waals surface area (Å²) in [5, 5.41) is 0. The number of halogens is 1. The van der Waals surface area contributed by atoms with Gasteiger partial charge in [-0.05, 0) is 87.9 Å². The van der Waals surface area contributed by atoms with Gasteiger partial charge in [-0.1, -0.05) is 31.5 Å². The molecule has 2 atom stereocenters. The molecule has 1 aliphatic rings. The molecule has 0 saturated heterocycles. The van der Waals surface area contributed by atoms with Crippen LogP contribution in [0.4, 0.5) is 4.39 Å². The van der Waals surface area contributed by atoms with Crippen molar-refractivity contribution in [2.75, 3.05) is 38.1 Å². The van der Waals surface area contributed by atoms with E-state index in [1.165, 1.54) is 12.1 Å². The quantitative estimate of drug-likeness (QED) is 0.147. The molecule has 0 spiro atoms. The highest BCUT2D eigenvalue weighted by molar-refractivity contribution is 8.71. The van der Waals surface area contributed by atoms with Crippen LogP contribution in [-0.4, -0.2) is 68.8 Å². The second-order valence-electron chi connectivity index (χ2n) is 9.65. The summed E-state index contributed by atoms with van der Waals surface area (Å²) in [7, 11) is -3.75. The summed E-state index contributed by atoms with van der Waals surface area (Å²) < 4.78 is 64.9. The fraction of sp³-hybridized carbons (Fsp3) is 0.400. The van der Waals surface area contributed by atoms with Gasteiger partial charge < -0.3 is 14.2 Å². The van der Waals surface area contributed by atoms with Crippen molar-refractivity contribution in [3.63, 3.8) is 0 Å². The Morgan fingerprint density at radius 1 is 1.10 bits per heavy atom. The molecule has 0 amide bonds. The maximum absolute atomic E-state index is 14.3. The monoisotopic (exact) mass is 638 g/mol. The van der Waals surface area contributed by atoms with Crippen molar-refractivity contribution in [2.24, 2.45) is 0 Å². The van der Waals surface area contributed by atoms with Crippen LogP contribution in [0.3, 0.4) is 0 Å². The topological polar surface area (TPSA) is 113 Å². The highest BCUT2D eigenvalue weighted by Crippen LogP contribution is 2.44. The van der Waals surface area contributed by atoms with Gasteiger partial charge in [-0.3, -0.25) is 9.00 Å². The van der Waals surface area contributed by atoms with Crippen molar-refractivity contribution < 1.29 is 40.8 Å². The van der Waals surface area contributed by atoms with Crippen LogP contribution in [0.2, 0.25) is 0 Å². The lowest BCUT2D eigenvalue weighted by Gasteiger charge is -2.17. The number of ether oxygens (including phenoxy) is 3. The lowest BCUT2D eigenvalue weighted by molar-refractivity contribution is -0.171. The predicted octanol–water partition coefficient (Wildman–Crippen LogP) is 5.25. The van der Waals surface area contributed by atoms with E-state index in [0.717, 1.165) is 41.4 Å². The summed E-state index contributed by atoms with van der Waals surface area (Å²) >= 11 is 0. The molecule has 2 unspecified atom stereocenters. The molecule has 0 N–H and O–H groups in total. The minimum atomic E-state index is -3.29. The van der Waals surface area contributed by atoms with E-state index in [9.17, 15) is 26.6 Å². The Morgan fingerprint density at radius 2 is 1.81 bits per heavy atom. The van der Waals surface area contributed by atoms with E-state index in [1.54, 1.807) is 24.5 Å². The van der Waals surface area contributed by atoms with Crippen molar-refractivity contribution in [3.05, 3.63) is 70.5 Å². The SMILES string of the molecule is CCCCOCC(OC(=O)CC1=C(C)/C(=C/c2ccc(S(C)=O)cc2)c2ccc(F)cc21)C(=O)OCCSS(C)(=O)=O. The first-order valence-electron chi connectivity index (χ1n) is 13.3. The molecule has 0 radical (unpaired) electrons. The Balaban J connectivity index is 1.80. The Bertz CT molecular complexity index is 1480. The van der Waals surface area contributed by atoms with E-state index < -0.39 is 43.5 Å². The van der Waals surface area contributed by atoms with E-state index in [2.05, 4.69) is 0 Å². The van der Waals surface area contributed by atoms with Gasteiger partial charge in [0.25, 0.3) is 0 Å². The van der Waals surface area contributed by atoms with Gasteiger partial charge in [0.15, 0.2) is 8.87 Å². The molecular weight excluding hydrogens is 604 g/mol. The van der Waals surface area contributed by atoms with E-state index >= 15 is 0 Å². The lowest BCUT2D eigenvalue weighted by Crippen LogP contribution is -2.34. The average Bonchev–Trinajstić information content (AvgIpc) is 3.17. The molecule has 0 aromatic heterocycles. The minimum absolute atomic E-state index is 0.0322. The van der Waals surface area contributed by atoms with Crippen LogP contribution in [0.15, 0.2) is 52.9 Å². The fourth-order valence-electron chi connectivity index (χ4n) is 4.26.